The van der Waals surface area contributed by atoms with E-state index in [0.717, 1.165) is 30.2 Å². The molecule has 1 aliphatic heterocycles. The van der Waals surface area contributed by atoms with Crippen LogP contribution in [0.5, 0.6) is 0 Å². The molecular weight excluding hydrogens is 430 g/mol. The molecule has 1 aromatic carbocycles. The quantitative estimate of drug-likeness (QED) is 0.484. The lowest BCUT2D eigenvalue weighted by molar-refractivity contribution is -0.227. The SMILES string of the molecule is Cc1ccc(C#CC2CC2)cc1C(OS(C)(=O)=O)c1cn(CC2OCC(C)(C)CO2)nn1. The first-order valence-corrected chi connectivity index (χ1v) is 12.5. The van der Waals surface area contributed by atoms with E-state index in [1.165, 1.54) is 0 Å². The first-order chi connectivity index (χ1) is 15.1. The van der Waals surface area contributed by atoms with Crippen LogP contribution in [-0.4, -0.2) is 49.2 Å². The number of aromatic nitrogens is 3. The number of rotatable bonds is 6. The van der Waals surface area contributed by atoms with Gasteiger partial charge in [0.25, 0.3) is 10.1 Å². The summed E-state index contributed by atoms with van der Waals surface area (Å²) in [6.07, 6.45) is 3.62. The van der Waals surface area contributed by atoms with Crippen molar-refractivity contribution in [1.82, 2.24) is 15.0 Å². The molecular formula is C23H29N3O5S. The number of hydrogen-bond acceptors (Lipinski definition) is 7. The number of ether oxygens (including phenoxy) is 2. The third kappa shape index (κ3) is 6.17. The Balaban J connectivity index is 1.58. The Bertz CT molecular complexity index is 1130. The standard InChI is InChI=1S/C23H29N3O5S/c1-16-5-6-18(10-9-17-7-8-17)11-19(16)22(31-32(4,27)28)20-12-26(25-24-20)13-21-29-14-23(2,3)15-30-21/h5-6,11-12,17,21-22H,7-8,13-15H2,1-4H3. The summed E-state index contributed by atoms with van der Waals surface area (Å²) in [5.41, 5.74) is 2.76. The van der Waals surface area contributed by atoms with Crippen LogP contribution in [0.15, 0.2) is 24.4 Å². The smallest absolute Gasteiger partial charge is 0.265 e. The Morgan fingerprint density at radius 1 is 1.28 bits per heavy atom. The zero-order chi connectivity index (χ0) is 22.9. The fraction of sp³-hybridized carbons (Fsp3) is 0.565. The first-order valence-electron chi connectivity index (χ1n) is 10.7. The molecule has 1 saturated heterocycles. The highest BCUT2D eigenvalue weighted by Crippen LogP contribution is 2.31. The fourth-order valence-corrected chi connectivity index (χ4v) is 3.91. The summed E-state index contributed by atoms with van der Waals surface area (Å²) >= 11 is 0. The van der Waals surface area contributed by atoms with Gasteiger partial charge in [-0.1, -0.05) is 37.0 Å². The lowest BCUT2D eigenvalue weighted by Crippen LogP contribution is -2.39. The Hall–Kier alpha value is -2.25. The van der Waals surface area contributed by atoms with Gasteiger partial charge in [-0.25, -0.2) is 4.68 Å². The maximum Gasteiger partial charge on any atom is 0.265 e. The lowest BCUT2D eigenvalue weighted by atomic mass is 9.96. The van der Waals surface area contributed by atoms with Gasteiger partial charge in [0.15, 0.2) is 6.29 Å². The number of aryl methyl sites for hydroxylation is 1. The van der Waals surface area contributed by atoms with Crippen LogP contribution in [0.2, 0.25) is 0 Å². The monoisotopic (exact) mass is 459 g/mol. The maximum absolute atomic E-state index is 12.0. The Kier molecular flexibility index (Phi) is 6.41. The highest BCUT2D eigenvalue weighted by molar-refractivity contribution is 7.86. The van der Waals surface area contributed by atoms with Gasteiger partial charge in [-0.2, -0.15) is 8.42 Å². The fourth-order valence-electron chi connectivity index (χ4n) is 3.36. The summed E-state index contributed by atoms with van der Waals surface area (Å²) in [6.45, 7) is 7.59. The molecule has 2 aliphatic rings. The summed E-state index contributed by atoms with van der Waals surface area (Å²) < 4.78 is 42.7. The molecule has 9 heteroatoms. The van der Waals surface area contributed by atoms with E-state index in [1.807, 2.05) is 25.1 Å². The van der Waals surface area contributed by atoms with Crippen molar-refractivity contribution in [3.05, 3.63) is 46.8 Å². The van der Waals surface area contributed by atoms with Gasteiger partial charge in [0, 0.05) is 16.9 Å². The number of nitrogens with zero attached hydrogens (tertiary/aromatic N) is 3. The van der Waals surface area contributed by atoms with E-state index < -0.39 is 22.5 Å². The summed E-state index contributed by atoms with van der Waals surface area (Å²) in [5.74, 6) is 6.88. The second kappa shape index (κ2) is 8.94. The molecule has 2 heterocycles. The average molecular weight is 460 g/mol. The molecule has 8 nitrogen and oxygen atoms in total. The largest absolute Gasteiger partial charge is 0.350 e. The van der Waals surface area contributed by atoms with E-state index >= 15 is 0 Å². The zero-order valence-electron chi connectivity index (χ0n) is 18.9. The Labute approximate surface area is 189 Å². The van der Waals surface area contributed by atoms with Crippen LogP contribution in [-0.2, 0) is 30.3 Å². The van der Waals surface area contributed by atoms with Gasteiger partial charge in [0.1, 0.15) is 11.8 Å². The van der Waals surface area contributed by atoms with E-state index in [-0.39, 0.29) is 5.41 Å². The van der Waals surface area contributed by atoms with Crippen LogP contribution in [0.4, 0.5) is 0 Å². The van der Waals surface area contributed by atoms with Crippen molar-refractivity contribution in [3.8, 4) is 11.8 Å². The molecule has 1 unspecified atom stereocenters. The minimum absolute atomic E-state index is 0.0244. The molecule has 1 aromatic heterocycles. The normalized spacial score (nSPS) is 19.9. The minimum Gasteiger partial charge on any atom is -0.350 e. The molecule has 2 aromatic rings. The molecule has 4 rings (SSSR count). The second-order valence-electron chi connectivity index (χ2n) is 9.38. The van der Waals surface area contributed by atoms with E-state index in [1.54, 1.807) is 10.9 Å². The summed E-state index contributed by atoms with van der Waals surface area (Å²) in [4.78, 5) is 0. The molecule has 0 amide bonds. The maximum atomic E-state index is 12.0. The molecule has 1 saturated carbocycles. The minimum atomic E-state index is -3.76. The molecule has 0 spiro atoms. The van der Waals surface area contributed by atoms with Crippen molar-refractivity contribution in [2.75, 3.05) is 19.5 Å². The van der Waals surface area contributed by atoms with Gasteiger partial charge >= 0.3 is 0 Å². The molecule has 0 bridgehead atoms. The van der Waals surface area contributed by atoms with E-state index in [4.69, 9.17) is 13.7 Å². The molecule has 0 N–H and O–H groups in total. The molecule has 2 fully saturated rings. The van der Waals surface area contributed by atoms with Crippen LogP contribution in [0.25, 0.3) is 0 Å². The summed E-state index contributed by atoms with van der Waals surface area (Å²) in [6, 6.07) is 5.72. The first kappa shape index (κ1) is 22.9. The topological polar surface area (TPSA) is 92.5 Å². The zero-order valence-corrected chi connectivity index (χ0v) is 19.7. The van der Waals surface area contributed by atoms with E-state index in [0.29, 0.717) is 36.9 Å². The molecule has 1 atom stereocenters. The van der Waals surface area contributed by atoms with Crippen molar-refractivity contribution < 1.29 is 22.1 Å². The Morgan fingerprint density at radius 3 is 2.66 bits per heavy atom. The predicted octanol–water partition coefficient (Wildman–Crippen LogP) is 2.81. The average Bonchev–Trinajstić information content (AvgIpc) is 3.43. The predicted molar refractivity (Wildman–Crippen MR) is 118 cm³/mol. The highest BCUT2D eigenvalue weighted by Gasteiger charge is 2.30. The van der Waals surface area contributed by atoms with Crippen LogP contribution >= 0.6 is 0 Å². The van der Waals surface area contributed by atoms with Crippen molar-refractivity contribution in [1.29, 1.82) is 0 Å². The van der Waals surface area contributed by atoms with Crippen LogP contribution < -0.4 is 0 Å². The van der Waals surface area contributed by atoms with E-state index in [9.17, 15) is 8.42 Å². The van der Waals surface area contributed by atoms with Crippen LogP contribution in [0.3, 0.4) is 0 Å². The second-order valence-corrected chi connectivity index (χ2v) is 11.0. The summed E-state index contributed by atoms with van der Waals surface area (Å²) in [5, 5.41) is 8.35. The lowest BCUT2D eigenvalue weighted by Gasteiger charge is -2.34. The van der Waals surface area contributed by atoms with Crippen molar-refractivity contribution in [3.63, 3.8) is 0 Å². The third-order valence-electron chi connectivity index (χ3n) is 5.31. The van der Waals surface area contributed by atoms with Crippen molar-refractivity contribution >= 4 is 10.1 Å². The highest BCUT2D eigenvalue weighted by atomic mass is 32.2. The van der Waals surface area contributed by atoms with Gasteiger partial charge in [-0.15, -0.1) is 5.10 Å². The van der Waals surface area contributed by atoms with Gasteiger partial charge in [-0.3, -0.25) is 4.18 Å². The third-order valence-corrected chi connectivity index (χ3v) is 5.85. The summed E-state index contributed by atoms with van der Waals surface area (Å²) in [7, 11) is -3.76. The van der Waals surface area contributed by atoms with Gasteiger partial charge in [0.2, 0.25) is 0 Å². The molecule has 32 heavy (non-hydrogen) atoms. The van der Waals surface area contributed by atoms with Crippen LogP contribution in [0, 0.1) is 30.1 Å². The molecule has 0 radical (unpaired) electrons. The number of hydrogen-bond donors (Lipinski definition) is 0. The van der Waals surface area contributed by atoms with Gasteiger partial charge in [0.05, 0.1) is 32.2 Å². The Morgan fingerprint density at radius 2 is 2.00 bits per heavy atom. The van der Waals surface area contributed by atoms with Crippen molar-refractivity contribution in [2.24, 2.45) is 11.3 Å². The van der Waals surface area contributed by atoms with E-state index in [2.05, 4.69) is 36.0 Å². The molecule has 1 aliphatic carbocycles. The number of benzene rings is 1. The van der Waals surface area contributed by atoms with Gasteiger partial charge in [-0.05, 0) is 43.0 Å². The van der Waals surface area contributed by atoms with Gasteiger partial charge < -0.3 is 9.47 Å². The molecule has 172 valence electrons. The van der Waals surface area contributed by atoms with Crippen molar-refractivity contribution in [2.45, 2.75) is 52.6 Å². The van der Waals surface area contributed by atoms with Crippen LogP contribution in [0.1, 0.15) is 55.2 Å².